The summed E-state index contributed by atoms with van der Waals surface area (Å²) in [4.78, 5) is 11.0. The lowest BCUT2D eigenvalue weighted by atomic mass is 10.1. The van der Waals surface area contributed by atoms with Crippen LogP contribution in [0.25, 0.3) is 16.5 Å². The Morgan fingerprint density at radius 1 is 1.44 bits per heavy atom. The Balaban J connectivity index is 2.58. The highest BCUT2D eigenvalue weighted by molar-refractivity contribution is 6.28. The van der Waals surface area contributed by atoms with E-state index in [1.165, 1.54) is 5.54 Å². The number of allylic oxidation sites excluding steroid dienone is 1. The molecule has 3 nitrogen and oxygen atoms in total. The van der Waals surface area contributed by atoms with Gasteiger partial charge >= 0.3 is 0 Å². The Morgan fingerprint density at radius 3 is 2.81 bits per heavy atom. The lowest BCUT2D eigenvalue weighted by Gasteiger charge is -1.93. The quantitative estimate of drug-likeness (QED) is 0.869. The summed E-state index contributed by atoms with van der Waals surface area (Å²) in [6.07, 6.45) is 0. The number of nitrogens with two attached hydrogens (primary N) is 1. The van der Waals surface area contributed by atoms with Crippen molar-refractivity contribution in [3.8, 4) is 0 Å². The van der Waals surface area contributed by atoms with Gasteiger partial charge in [-0.3, -0.25) is 4.79 Å². The van der Waals surface area contributed by atoms with E-state index in [1.807, 2.05) is 13.0 Å². The Bertz CT molecular complexity index is 584. The van der Waals surface area contributed by atoms with Gasteiger partial charge in [-0.2, -0.15) is 0 Å². The molecule has 0 saturated heterocycles. The highest BCUT2D eigenvalue weighted by Crippen LogP contribution is 2.25. The van der Waals surface area contributed by atoms with E-state index in [1.54, 1.807) is 18.2 Å². The molecule has 0 saturated carbocycles. The molecule has 2 aromatic rings. The van der Waals surface area contributed by atoms with Crippen molar-refractivity contribution >= 4 is 34.1 Å². The maximum Gasteiger partial charge on any atom is 0.248 e. The molecule has 2 N–H and O–H groups in total. The molecular weight excluding hydrogens is 226 g/mol. The van der Waals surface area contributed by atoms with E-state index in [2.05, 4.69) is 0 Å². The third-order valence-corrected chi connectivity index (χ3v) is 2.68. The number of furan rings is 1. The van der Waals surface area contributed by atoms with Crippen LogP contribution in [0.3, 0.4) is 0 Å². The van der Waals surface area contributed by atoms with Crippen LogP contribution in [0.15, 0.2) is 34.2 Å². The minimum Gasteiger partial charge on any atom is -0.456 e. The first-order chi connectivity index (χ1) is 7.61. The largest absolute Gasteiger partial charge is 0.456 e. The SMILES string of the molecule is CC(=CCl)c1cc2cc(C(N)=O)ccc2o1. The molecule has 1 aromatic heterocycles. The summed E-state index contributed by atoms with van der Waals surface area (Å²) in [7, 11) is 0. The first kappa shape index (κ1) is 10.8. The smallest absolute Gasteiger partial charge is 0.248 e. The molecule has 1 amide bonds. The van der Waals surface area contributed by atoms with E-state index >= 15 is 0 Å². The van der Waals surface area contributed by atoms with E-state index in [-0.39, 0.29) is 0 Å². The Kier molecular flexibility index (Phi) is 2.71. The van der Waals surface area contributed by atoms with Gasteiger partial charge in [0.2, 0.25) is 5.91 Å². The molecule has 0 fully saturated rings. The monoisotopic (exact) mass is 235 g/mol. The fourth-order valence-corrected chi connectivity index (χ4v) is 1.55. The van der Waals surface area contributed by atoms with E-state index in [4.69, 9.17) is 21.8 Å². The lowest BCUT2D eigenvalue weighted by Crippen LogP contribution is -2.10. The van der Waals surface area contributed by atoms with Gasteiger partial charge in [0.25, 0.3) is 0 Å². The summed E-state index contributed by atoms with van der Waals surface area (Å²) >= 11 is 5.60. The van der Waals surface area contributed by atoms with Crippen LogP contribution >= 0.6 is 11.6 Å². The summed E-state index contributed by atoms with van der Waals surface area (Å²) < 4.78 is 5.55. The molecule has 0 atom stereocenters. The highest BCUT2D eigenvalue weighted by atomic mass is 35.5. The molecule has 0 spiro atoms. The van der Waals surface area contributed by atoms with Gasteiger partial charge in [-0.25, -0.2) is 0 Å². The average Bonchev–Trinajstić information content (AvgIpc) is 2.70. The number of rotatable bonds is 2. The minimum atomic E-state index is -0.450. The van der Waals surface area contributed by atoms with Crippen LogP contribution in [-0.4, -0.2) is 5.91 Å². The van der Waals surface area contributed by atoms with Crippen molar-refractivity contribution in [1.29, 1.82) is 0 Å². The third kappa shape index (κ3) is 1.82. The number of fused-ring (bicyclic) bond motifs is 1. The Labute approximate surface area is 97.5 Å². The highest BCUT2D eigenvalue weighted by Gasteiger charge is 2.07. The van der Waals surface area contributed by atoms with Gasteiger partial charge in [0.1, 0.15) is 11.3 Å². The molecule has 4 heteroatoms. The van der Waals surface area contributed by atoms with Crippen LogP contribution in [-0.2, 0) is 0 Å². The normalized spacial score (nSPS) is 12.0. The topological polar surface area (TPSA) is 56.2 Å². The van der Waals surface area contributed by atoms with Crippen LogP contribution in [0.1, 0.15) is 23.0 Å². The standard InChI is InChI=1S/C12H10ClNO2/c1-7(6-13)11-5-9-4-8(12(14)15)2-3-10(9)16-11/h2-6H,1H3,(H2,14,15). The van der Waals surface area contributed by atoms with Crippen molar-refractivity contribution in [2.45, 2.75) is 6.92 Å². The Hall–Kier alpha value is -1.74. The van der Waals surface area contributed by atoms with Crippen molar-refractivity contribution in [3.63, 3.8) is 0 Å². The number of carbonyl (C=O) groups is 1. The molecule has 0 aliphatic carbocycles. The van der Waals surface area contributed by atoms with Crippen molar-refractivity contribution in [2.75, 3.05) is 0 Å². The first-order valence-corrected chi connectivity index (χ1v) is 5.16. The second-order valence-corrected chi connectivity index (χ2v) is 3.74. The fourth-order valence-electron chi connectivity index (χ4n) is 1.44. The fraction of sp³-hybridized carbons (Fsp3) is 0.0833. The van der Waals surface area contributed by atoms with Gasteiger partial charge in [0, 0.05) is 22.1 Å². The molecule has 2 rings (SSSR count). The van der Waals surface area contributed by atoms with E-state index in [0.29, 0.717) is 16.9 Å². The van der Waals surface area contributed by atoms with Crippen molar-refractivity contribution in [2.24, 2.45) is 5.73 Å². The number of hydrogen-bond donors (Lipinski definition) is 1. The molecular formula is C12H10ClNO2. The lowest BCUT2D eigenvalue weighted by molar-refractivity contribution is 0.100. The number of carbonyl (C=O) groups excluding carboxylic acids is 1. The van der Waals surface area contributed by atoms with Gasteiger partial charge < -0.3 is 10.2 Å². The first-order valence-electron chi connectivity index (χ1n) is 4.72. The summed E-state index contributed by atoms with van der Waals surface area (Å²) in [5.74, 6) is 0.237. The van der Waals surface area contributed by atoms with Gasteiger partial charge in [-0.1, -0.05) is 11.6 Å². The summed E-state index contributed by atoms with van der Waals surface area (Å²) in [6, 6.07) is 6.89. The molecule has 1 heterocycles. The maximum absolute atomic E-state index is 11.0. The second-order valence-electron chi connectivity index (χ2n) is 3.52. The van der Waals surface area contributed by atoms with Crippen molar-refractivity contribution in [1.82, 2.24) is 0 Å². The van der Waals surface area contributed by atoms with Crippen molar-refractivity contribution in [3.05, 3.63) is 41.1 Å². The minimum absolute atomic E-state index is 0.450. The van der Waals surface area contributed by atoms with Crippen LogP contribution in [0, 0.1) is 0 Å². The maximum atomic E-state index is 11.0. The zero-order chi connectivity index (χ0) is 11.7. The number of hydrogen-bond acceptors (Lipinski definition) is 2. The number of benzene rings is 1. The summed E-state index contributed by atoms with van der Waals surface area (Å²) in [5, 5.41) is 0.837. The molecule has 16 heavy (non-hydrogen) atoms. The van der Waals surface area contributed by atoms with Gasteiger partial charge in [-0.05, 0) is 31.2 Å². The molecule has 0 unspecified atom stereocenters. The Morgan fingerprint density at radius 2 is 2.19 bits per heavy atom. The van der Waals surface area contributed by atoms with Crippen LogP contribution < -0.4 is 5.73 Å². The van der Waals surface area contributed by atoms with Crippen LogP contribution in [0.4, 0.5) is 0 Å². The summed E-state index contributed by atoms with van der Waals surface area (Å²) in [6.45, 7) is 1.85. The predicted molar refractivity (Wildman–Crippen MR) is 64.2 cm³/mol. The van der Waals surface area contributed by atoms with Crippen molar-refractivity contribution < 1.29 is 9.21 Å². The van der Waals surface area contributed by atoms with Gasteiger partial charge in [-0.15, -0.1) is 0 Å². The molecule has 82 valence electrons. The van der Waals surface area contributed by atoms with Crippen LogP contribution in [0.5, 0.6) is 0 Å². The number of halogens is 1. The third-order valence-electron chi connectivity index (χ3n) is 2.35. The van der Waals surface area contributed by atoms with E-state index < -0.39 is 5.91 Å². The molecule has 0 aliphatic heterocycles. The molecule has 0 aliphatic rings. The average molecular weight is 236 g/mol. The molecule has 0 radical (unpaired) electrons. The summed E-state index contributed by atoms with van der Waals surface area (Å²) in [5.41, 5.74) is 8.65. The number of primary amides is 1. The molecule has 1 aromatic carbocycles. The zero-order valence-corrected chi connectivity index (χ0v) is 9.41. The second kappa shape index (κ2) is 4.02. The number of amides is 1. The molecule has 0 bridgehead atoms. The zero-order valence-electron chi connectivity index (χ0n) is 8.66. The van der Waals surface area contributed by atoms with Gasteiger partial charge in [0.05, 0.1) is 0 Å². The van der Waals surface area contributed by atoms with E-state index in [0.717, 1.165) is 11.0 Å². The van der Waals surface area contributed by atoms with E-state index in [9.17, 15) is 4.79 Å². The van der Waals surface area contributed by atoms with Crippen LogP contribution in [0.2, 0.25) is 0 Å². The predicted octanol–water partition coefficient (Wildman–Crippen LogP) is 3.13. The van der Waals surface area contributed by atoms with Gasteiger partial charge in [0.15, 0.2) is 0 Å².